The van der Waals surface area contributed by atoms with Crippen molar-refractivity contribution in [2.24, 2.45) is 5.73 Å². The van der Waals surface area contributed by atoms with Crippen LogP contribution in [0.25, 0.3) is 10.9 Å². The Morgan fingerprint density at radius 1 is 1.00 bits per heavy atom. The molecule has 1 atom stereocenters. The number of anilines is 3. The fraction of sp³-hybridized carbons (Fsp3) is 0.148. The number of aliphatic carboxylic acids is 1. The van der Waals surface area contributed by atoms with E-state index >= 15 is 0 Å². The summed E-state index contributed by atoms with van der Waals surface area (Å²) >= 11 is 0. The number of nitrogens with zero attached hydrogens (tertiary/aromatic N) is 1. The molecule has 0 bridgehead atoms. The van der Waals surface area contributed by atoms with Crippen molar-refractivity contribution in [3.05, 3.63) is 84.6 Å². The van der Waals surface area contributed by atoms with Gasteiger partial charge in [0.25, 0.3) is 5.91 Å². The molecular weight excluding hydrogens is 460 g/mol. The number of ether oxygens (including phenoxy) is 2. The van der Waals surface area contributed by atoms with Gasteiger partial charge in [0.15, 0.2) is 11.5 Å². The van der Waals surface area contributed by atoms with Crippen LogP contribution >= 0.6 is 0 Å². The Balaban J connectivity index is 1.48. The maximum absolute atomic E-state index is 12.4. The molecule has 0 aliphatic carbocycles. The number of hydrogen-bond acceptors (Lipinski definition) is 7. The first-order chi connectivity index (χ1) is 17.4. The van der Waals surface area contributed by atoms with Crippen molar-refractivity contribution < 1.29 is 24.2 Å². The fourth-order valence-electron chi connectivity index (χ4n) is 3.54. The van der Waals surface area contributed by atoms with E-state index in [2.05, 4.69) is 15.6 Å². The van der Waals surface area contributed by atoms with E-state index in [0.29, 0.717) is 28.3 Å². The van der Waals surface area contributed by atoms with E-state index in [-0.39, 0.29) is 18.9 Å². The van der Waals surface area contributed by atoms with Gasteiger partial charge in [-0.3, -0.25) is 14.6 Å². The number of amides is 1. The van der Waals surface area contributed by atoms with E-state index in [1.54, 1.807) is 24.4 Å². The summed E-state index contributed by atoms with van der Waals surface area (Å²) in [6.07, 6.45) is 1.84. The minimum absolute atomic E-state index is 0.125. The van der Waals surface area contributed by atoms with Crippen LogP contribution in [-0.4, -0.2) is 41.7 Å². The molecular formula is C27H26N4O5. The van der Waals surface area contributed by atoms with Gasteiger partial charge in [-0.05, 0) is 48.5 Å². The average molecular weight is 487 g/mol. The maximum Gasteiger partial charge on any atom is 0.320 e. The molecule has 1 heterocycles. The number of methoxy groups -OCH3 is 1. The number of aromatic nitrogens is 1. The molecule has 0 aliphatic heterocycles. The highest BCUT2D eigenvalue weighted by molar-refractivity contribution is 6.04. The minimum atomic E-state index is -1.08. The number of benzene rings is 3. The lowest BCUT2D eigenvalue weighted by molar-refractivity contribution is -0.138. The monoisotopic (exact) mass is 486 g/mol. The Labute approximate surface area is 207 Å². The van der Waals surface area contributed by atoms with Crippen LogP contribution in [-0.2, 0) is 4.79 Å². The van der Waals surface area contributed by atoms with Crippen molar-refractivity contribution in [2.45, 2.75) is 12.5 Å². The first-order valence-electron chi connectivity index (χ1n) is 11.3. The molecule has 0 fully saturated rings. The third kappa shape index (κ3) is 5.89. The Morgan fingerprint density at radius 2 is 1.72 bits per heavy atom. The van der Waals surface area contributed by atoms with Gasteiger partial charge in [0.1, 0.15) is 6.04 Å². The van der Waals surface area contributed by atoms with Crippen LogP contribution in [0.5, 0.6) is 11.5 Å². The van der Waals surface area contributed by atoms with E-state index < -0.39 is 12.0 Å². The lowest BCUT2D eigenvalue weighted by Gasteiger charge is -2.15. The Hall–Kier alpha value is -4.63. The fourth-order valence-corrected chi connectivity index (χ4v) is 3.54. The molecule has 184 valence electrons. The predicted octanol–water partition coefficient (Wildman–Crippen LogP) is 4.42. The molecule has 1 aromatic heterocycles. The molecule has 0 unspecified atom stereocenters. The van der Waals surface area contributed by atoms with Gasteiger partial charge in [-0.2, -0.15) is 0 Å². The number of carbonyl (C=O) groups is 2. The lowest BCUT2D eigenvalue weighted by Crippen LogP contribution is -2.31. The van der Waals surface area contributed by atoms with E-state index in [1.807, 2.05) is 54.6 Å². The predicted molar refractivity (Wildman–Crippen MR) is 138 cm³/mol. The highest BCUT2D eigenvalue weighted by atomic mass is 16.5. The van der Waals surface area contributed by atoms with Crippen molar-refractivity contribution in [1.29, 1.82) is 0 Å². The van der Waals surface area contributed by atoms with E-state index in [4.69, 9.17) is 20.3 Å². The first kappa shape index (κ1) is 24.5. The molecule has 1 amide bonds. The molecule has 36 heavy (non-hydrogen) atoms. The third-order valence-electron chi connectivity index (χ3n) is 5.49. The van der Waals surface area contributed by atoms with Gasteiger partial charge >= 0.3 is 5.97 Å². The molecule has 0 radical (unpaired) electrons. The topological polar surface area (TPSA) is 136 Å². The standard InChI is InChI=1S/C27H26N4O5/c1-35-24-15-20-22(11-13-29-23(20)16-25(24)36-14-12-21(28)27(33)34)30-18-7-9-19(10-8-18)31-26(32)17-5-3-2-4-6-17/h2-11,13,15-16,21H,12,14,28H2,1H3,(H,29,30)(H,31,32)(H,33,34)/t21-/m0/s1. The second kappa shape index (κ2) is 11.2. The summed E-state index contributed by atoms with van der Waals surface area (Å²) in [5.74, 6) is -0.313. The number of fused-ring (bicyclic) bond motifs is 1. The van der Waals surface area contributed by atoms with Gasteiger partial charge in [-0.15, -0.1) is 0 Å². The largest absolute Gasteiger partial charge is 0.493 e. The second-order valence-electron chi connectivity index (χ2n) is 7.98. The average Bonchev–Trinajstić information content (AvgIpc) is 2.90. The van der Waals surface area contributed by atoms with E-state index in [0.717, 1.165) is 16.8 Å². The van der Waals surface area contributed by atoms with Crippen molar-refractivity contribution >= 4 is 39.8 Å². The van der Waals surface area contributed by atoms with Crippen molar-refractivity contribution in [3.8, 4) is 11.5 Å². The van der Waals surface area contributed by atoms with Crippen LogP contribution < -0.4 is 25.8 Å². The minimum Gasteiger partial charge on any atom is -0.493 e. The summed E-state index contributed by atoms with van der Waals surface area (Å²) < 4.78 is 11.2. The van der Waals surface area contributed by atoms with Crippen molar-refractivity contribution in [1.82, 2.24) is 4.98 Å². The Bertz CT molecular complexity index is 1360. The zero-order valence-corrected chi connectivity index (χ0v) is 19.6. The number of pyridine rings is 1. The summed E-state index contributed by atoms with van der Waals surface area (Å²) in [7, 11) is 1.53. The number of carboxylic acid groups (broad SMARTS) is 1. The number of nitrogens with two attached hydrogens (primary N) is 1. The van der Waals surface area contributed by atoms with Crippen molar-refractivity contribution in [2.75, 3.05) is 24.4 Å². The van der Waals surface area contributed by atoms with Gasteiger partial charge in [0, 0.05) is 46.7 Å². The molecule has 0 spiro atoms. The number of rotatable bonds is 10. The van der Waals surface area contributed by atoms with E-state index in [9.17, 15) is 9.59 Å². The molecule has 4 rings (SSSR count). The third-order valence-corrected chi connectivity index (χ3v) is 5.49. The molecule has 0 saturated carbocycles. The Morgan fingerprint density at radius 3 is 2.42 bits per heavy atom. The zero-order chi connectivity index (χ0) is 25.5. The summed E-state index contributed by atoms with van der Waals surface area (Å²) in [5.41, 5.74) is 9.11. The number of hydrogen-bond donors (Lipinski definition) is 4. The zero-order valence-electron chi connectivity index (χ0n) is 19.6. The second-order valence-corrected chi connectivity index (χ2v) is 7.98. The van der Waals surface area contributed by atoms with Gasteiger partial charge in [0.05, 0.1) is 19.2 Å². The van der Waals surface area contributed by atoms with Crippen LogP contribution in [0, 0.1) is 0 Å². The van der Waals surface area contributed by atoms with Crippen LogP contribution in [0.3, 0.4) is 0 Å². The van der Waals surface area contributed by atoms with Gasteiger partial charge in [-0.25, -0.2) is 0 Å². The number of carbonyl (C=O) groups excluding carboxylic acids is 1. The van der Waals surface area contributed by atoms with Gasteiger partial charge in [0.2, 0.25) is 0 Å². The molecule has 4 aromatic rings. The Kier molecular flexibility index (Phi) is 7.62. The lowest BCUT2D eigenvalue weighted by atomic mass is 10.1. The van der Waals surface area contributed by atoms with Crippen molar-refractivity contribution in [3.63, 3.8) is 0 Å². The normalized spacial score (nSPS) is 11.5. The van der Waals surface area contributed by atoms with Crippen LogP contribution in [0.1, 0.15) is 16.8 Å². The van der Waals surface area contributed by atoms with Gasteiger partial charge in [-0.1, -0.05) is 18.2 Å². The molecule has 0 aliphatic rings. The number of carboxylic acids is 1. The highest BCUT2D eigenvalue weighted by Crippen LogP contribution is 2.35. The summed E-state index contributed by atoms with van der Waals surface area (Å²) in [4.78, 5) is 27.7. The summed E-state index contributed by atoms with van der Waals surface area (Å²) in [5, 5.41) is 16.0. The summed E-state index contributed by atoms with van der Waals surface area (Å²) in [6.45, 7) is 0.125. The van der Waals surface area contributed by atoms with Crippen LogP contribution in [0.2, 0.25) is 0 Å². The van der Waals surface area contributed by atoms with E-state index in [1.165, 1.54) is 7.11 Å². The maximum atomic E-state index is 12.4. The molecule has 0 saturated heterocycles. The molecule has 9 nitrogen and oxygen atoms in total. The first-order valence-corrected chi connectivity index (χ1v) is 11.3. The molecule has 9 heteroatoms. The number of nitrogens with one attached hydrogen (secondary N) is 2. The molecule has 5 N–H and O–H groups in total. The SMILES string of the molecule is COc1cc2c(Nc3ccc(NC(=O)c4ccccc4)cc3)ccnc2cc1OCC[C@H](N)C(=O)O. The quantitative estimate of drug-likeness (QED) is 0.259. The molecule has 3 aromatic carbocycles. The van der Waals surface area contributed by atoms with Crippen LogP contribution in [0.15, 0.2) is 79.0 Å². The highest BCUT2D eigenvalue weighted by Gasteiger charge is 2.14. The summed E-state index contributed by atoms with van der Waals surface area (Å²) in [6, 6.07) is 20.8. The van der Waals surface area contributed by atoms with Crippen LogP contribution in [0.4, 0.5) is 17.1 Å². The van der Waals surface area contributed by atoms with Gasteiger partial charge < -0.3 is 30.9 Å². The smallest absolute Gasteiger partial charge is 0.320 e.